The summed E-state index contributed by atoms with van der Waals surface area (Å²) < 4.78 is 0. The predicted octanol–water partition coefficient (Wildman–Crippen LogP) is 0.675. The maximum atomic E-state index is 11.3. The summed E-state index contributed by atoms with van der Waals surface area (Å²) >= 11 is 0. The molecule has 3 heteroatoms. The minimum atomic E-state index is -0.991. The first-order valence-electron chi connectivity index (χ1n) is 4.17. The van der Waals surface area contributed by atoms with Gasteiger partial charge >= 0.3 is 0 Å². The van der Waals surface area contributed by atoms with Crippen LogP contribution < -0.4 is 5.32 Å². The normalized spacial score (nSPS) is 12.0. The molecule has 0 atom stereocenters. The molecular weight excluding hydrogens is 166 g/mol. The summed E-state index contributed by atoms with van der Waals surface area (Å²) in [5.41, 5.74) is -1.64. The molecule has 2 N–H and O–H groups in total. The van der Waals surface area contributed by atoms with Crippen LogP contribution in [0.1, 0.15) is 34.1 Å². The van der Waals surface area contributed by atoms with Crippen LogP contribution in [-0.4, -0.2) is 22.2 Å². The highest BCUT2D eigenvalue weighted by molar-refractivity contribution is 5.78. The van der Waals surface area contributed by atoms with E-state index >= 15 is 0 Å². The van der Waals surface area contributed by atoms with Crippen molar-refractivity contribution in [1.82, 2.24) is 5.32 Å². The lowest BCUT2D eigenvalue weighted by molar-refractivity contribution is -0.125. The molecule has 0 aliphatic rings. The standard InChI is InChI=1S/C10H17NO2/c1-6-9(2,3)11-8(12)7-10(4,5)13/h1,13H,7H2,2-5H3,(H,11,12). The van der Waals surface area contributed by atoms with Crippen LogP contribution in [0, 0.1) is 12.3 Å². The number of rotatable bonds is 3. The van der Waals surface area contributed by atoms with Crippen LogP contribution in [0.3, 0.4) is 0 Å². The molecule has 74 valence electrons. The highest BCUT2D eigenvalue weighted by Crippen LogP contribution is 2.08. The maximum Gasteiger partial charge on any atom is 0.224 e. The van der Waals surface area contributed by atoms with E-state index in [0.29, 0.717) is 0 Å². The summed E-state index contributed by atoms with van der Waals surface area (Å²) in [6.45, 7) is 6.62. The molecule has 0 rings (SSSR count). The third-order valence-corrected chi connectivity index (χ3v) is 1.41. The number of hydrogen-bond donors (Lipinski definition) is 2. The number of nitrogens with one attached hydrogen (secondary N) is 1. The molecule has 0 fully saturated rings. The van der Waals surface area contributed by atoms with Crippen LogP contribution in [0.4, 0.5) is 0 Å². The topological polar surface area (TPSA) is 49.3 Å². The summed E-state index contributed by atoms with van der Waals surface area (Å²) in [4.78, 5) is 11.3. The average molecular weight is 183 g/mol. The van der Waals surface area contributed by atoms with E-state index in [1.165, 1.54) is 0 Å². The molecule has 0 aliphatic carbocycles. The SMILES string of the molecule is C#CC(C)(C)NC(=O)CC(C)(C)O. The Morgan fingerprint density at radius 3 is 2.23 bits per heavy atom. The molecule has 3 nitrogen and oxygen atoms in total. The second kappa shape index (κ2) is 3.80. The monoisotopic (exact) mass is 183 g/mol. The molecule has 0 heterocycles. The smallest absolute Gasteiger partial charge is 0.224 e. The van der Waals surface area contributed by atoms with Crippen molar-refractivity contribution in [1.29, 1.82) is 0 Å². The van der Waals surface area contributed by atoms with Crippen LogP contribution in [0.5, 0.6) is 0 Å². The first-order valence-corrected chi connectivity index (χ1v) is 4.17. The van der Waals surface area contributed by atoms with Crippen molar-refractivity contribution in [3.05, 3.63) is 0 Å². The van der Waals surface area contributed by atoms with Gasteiger partial charge in [-0.25, -0.2) is 0 Å². The third-order valence-electron chi connectivity index (χ3n) is 1.41. The van der Waals surface area contributed by atoms with E-state index in [-0.39, 0.29) is 12.3 Å². The van der Waals surface area contributed by atoms with E-state index in [1.54, 1.807) is 27.7 Å². The van der Waals surface area contributed by atoms with Gasteiger partial charge < -0.3 is 10.4 Å². The van der Waals surface area contributed by atoms with E-state index in [4.69, 9.17) is 6.42 Å². The summed E-state index contributed by atoms with van der Waals surface area (Å²) in [5.74, 6) is 2.20. The lowest BCUT2D eigenvalue weighted by Crippen LogP contribution is -2.44. The van der Waals surface area contributed by atoms with Crippen LogP contribution in [0.15, 0.2) is 0 Å². The Balaban J connectivity index is 4.13. The van der Waals surface area contributed by atoms with Gasteiger partial charge in [-0.3, -0.25) is 4.79 Å². The second-order valence-electron chi connectivity index (χ2n) is 4.31. The Bertz CT molecular complexity index is 230. The molecule has 0 aromatic heterocycles. The Hall–Kier alpha value is -1.01. The van der Waals surface area contributed by atoms with Gasteiger partial charge in [-0.2, -0.15) is 0 Å². The Labute approximate surface area is 79.5 Å². The van der Waals surface area contributed by atoms with Gasteiger partial charge in [0, 0.05) is 0 Å². The van der Waals surface area contributed by atoms with Crippen molar-refractivity contribution < 1.29 is 9.90 Å². The molecule has 0 spiro atoms. The van der Waals surface area contributed by atoms with Crippen molar-refractivity contribution in [2.45, 2.75) is 45.3 Å². The highest BCUT2D eigenvalue weighted by atomic mass is 16.3. The molecule has 0 aromatic carbocycles. The van der Waals surface area contributed by atoms with Gasteiger partial charge in [0.25, 0.3) is 0 Å². The van der Waals surface area contributed by atoms with Crippen molar-refractivity contribution in [3.8, 4) is 12.3 Å². The minimum Gasteiger partial charge on any atom is -0.390 e. The van der Waals surface area contributed by atoms with Gasteiger partial charge in [-0.15, -0.1) is 6.42 Å². The lowest BCUT2D eigenvalue weighted by Gasteiger charge is -2.22. The Kier molecular flexibility index (Phi) is 3.50. The molecule has 0 saturated heterocycles. The fourth-order valence-corrected chi connectivity index (χ4v) is 0.822. The second-order valence-corrected chi connectivity index (χ2v) is 4.31. The summed E-state index contributed by atoms with van der Waals surface area (Å²) in [6.07, 6.45) is 5.24. The zero-order valence-corrected chi connectivity index (χ0v) is 8.64. The molecule has 0 aromatic rings. The van der Waals surface area contributed by atoms with Gasteiger partial charge in [-0.05, 0) is 27.7 Å². The van der Waals surface area contributed by atoms with E-state index < -0.39 is 11.1 Å². The zero-order chi connectivity index (χ0) is 10.7. The van der Waals surface area contributed by atoms with Gasteiger partial charge in [0.2, 0.25) is 5.91 Å². The summed E-state index contributed by atoms with van der Waals surface area (Å²) in [5, 5.41) is 12.0. The van der Waals surface area contributed by atoms with E-state index in [1.807, 2.05) is 0 Å². The van der Waals surface area contributed by atoms with Crippen LogP contribution in [0.2, 0.25) is 0 Å². The summed E-state index contributed by atoms with van der Waals surface area (Å²) in [7, 11) is 0. The number of carbonyl (C=O) groups is 1. The third kappa shape index (κ3) is 6.18. The Morgan fingerprint density at radius 2 is 1.92 bits per heavy atom. The van der Waals surface area contributed by atoms with Gasteiger partial charge in [-0.1, -0.05) is 5.92 Å². The highest BCUT2D eigenvalue weighted by Gasteiger charge is 2.22. The first-order chi connectivity index (χ1) is 5.66. The molecule has 0 unspecified atom stereocenters. The van der Waals surface area contributed by atoms with E-state index in [0.717, 1.165) is 0 Å². The van der Waals surface area contributed by atoms with Crippen molar-refractivity contribution in [3.63, 3.8) is 0 Å². The lowest BCUT2D eigenvalue weighted by atomic mass is 10.0. The average Bonchev–Trinajstić information content (AvgIpc) is 1.81. The maximum absolute atomic E-state index is 11.3. The van der Waals surface area contributed by atoms with E-state index in [2.05, 4.69) is 11.2 Å². The van der Waals surface area contributed by atoms with Gasteiger partial charge in [0.1, 0.15) is 0 Å². The number of aliphatic hydroxyl groups is 1. The number of carbonyl (C=O) groups excluding carboxylic acids is 1. The van der Waals surface area contributed by atoms with Crippen LogP contribution >= 0.6 is 0 Å². The van der Waals surface area contributed by atoms with Crippen LogP contribution in [0.25, 0.3) is 0 Å². The molecule has 0 aliphatic heterocycles. The number of terminal acetylenes is 1. The van der Waals surface area contributed by atoms with Gasteiger partial charge in [0.15, 0.2) is 0 Å². The predicted molar refractivity (Wildman–Crippen MR) is 52.0 cm³/mol. The van der Waals surface area contributed by atoms with E-state index in [9.17, 15) is 9.90 Å². The fourth-order valence-electron chi connectivity index (χ4n) is 0.822. The van der Waals surface area contributed by atoms with Crippen LogP contribution in [-0.2, 0) is 4.79 Å². The molecule has 0 bridgehead atoms. The molecule has 13 heavy (non-hydrogen) atoms. The number of amides is 1. The molecule has 0 saturated carbocycles. The first kappa shape index (κ1) is 12.0. The zero-order valence-electron chi connectivity index (χ0n) is 8.64. The van der Waals surface area contributed by atoms with Crippen molar-refractivity contribution in [2.24, 2.45) is 0 Å². The largest absolute Gasteiger partial charge is 0.390 e. The summed E-state index contributed by atoms with van der Waals surface area (Å²) in [6, 6.07) is 0. The quantitative estimate of drug-likeness (QED) is 0.632. The van der Waals surface area contributed by atoms with Crippen molar-refractivity contribution >= 4 is 5.91 Å². The molecule has 1 amide bonds. The molecule has 0 radical (unpaired) electrons. The van der Waals surface area contributed by atoms with Crippen molar-refractivity contribution in [2.75, 3.05) is 0 Å². The van der Waals surface area contributed by atoms with Gasteiger partial charge in [0.05, 0.1) is 17.6 Å². The Morgan fingerprint density at radius 1 is 1.46 bits per heavy atom. The minimum absolute atomic E-state index is 0.0537. The number of hydrogen-bond acceptors (Lipinski definition) is 2. The molecular formula is C10H17NO2. The fraction of sp³-hybridized carbons (Fsp3) is 0.700.